The maximum absolute atomic E-state index is 12.5. The van der Waals surface area contributed by atoms with E-state index in [2.05, 4.69) is 17.0 Å². The third-order valence-corrected chi connectivity index (χ3v) is 4.43. The van der Waals surface area contributed by atoms with Crippen molar-refractivity contribution in [3.8, 4) is 12.3 Å². The van der Waals surface area contributed by atoms with E-state index in [1.165, 1.54) is 18.1 Å². The molecule has 2 aromatic rings. The third kappa shape index (κ3) is 1.85. The van der Waals surface area contributed by atoms with Gasteiger partial charge in [-0.1, -0.05) is 24.1 Å². The number of esters is 1. The van der Waals surface area contributed by atoms with Crippen molar-refractivity contribution < 1.29 is 9.53 Å². The number of hydrogen-bond donors (Lipinski definition) is 1. The van der Waals surface area contributed by atoms with E-state index in [1.54, 1.807) is 0 Å². The van der Waals surface area contributed by atoms with E-state index in [-0.39, 0.29) is 5.97 Å². The number of rotatable bonds is 2. The predicted octanol–water partition coefficient (Wildman–Crippen LogP) is 2.05. The van der Waals surface area contributed by atoms with Gasteiger partial charge in [0.2, 0.25) is 0 Å². The second-order valence-corrected chi connectivity index (χ2v) is 5.46. The van der Waals surface area contributed by atoms with Crippen LogP contribution in [0.5, 0.6) is 0 Å². The van der Waals surface area contributed by atoms with Gasteiger partial charge < -0.3 is 9.72 Å². The number of hydrogen-bond acceptors (Lipinski definition) is 3. The summed E-state index contributed by atoms with van der Waals surface area (Å²) < 4.78 is 5.05. The van der Waals surface area contributed by atoms with Crippen LogP contribution in [0.15, 0.2) is 24.3 Å². The Morgan fingerprint density at radius 3 is 3.00 bits per heavy atom. The Bertz CT molecular complexity index is 741. The highest BCUT2D eigenvalue weighted by Crippen LogP contribution is 2.39. The zero-order valence-corrected chi connectivity index (χ0v) is 12.3. The summed E-state index contributed by atoms with van der Waals surface area (Å²) in [4.78, 5) is 17.9. The molecule has 4 nitrogen and oxygen atoms in total. The number of nitrogens with zero attached hydrogens (tertiary/aromatic N) is 1. The average molecular weight is 282 g/mol. The quantitative estimate of drug-likeness (QED) is 0.677. The number of para-hydroxylation sites is 1. The number of terminal acetylenes is 1. The van der Waals surface area contributed by atoms with Crippen LogP contribution in [0.4, 0.5) is 0 Å². The summed E-state index contributed by atoms with van der Waals surface area (Å²) in [5, 5.41) is 1.17. The molecule has 1 aliphatic rings. The Morgan fingerprint density at radius 2 is 2.29 bits per heavy atom. The lowest BCUT2D eigenvalue weighted by Gasteiger charge is -2.41. The van der Waals surface area contributed by atoms with E-state index in [9.17, 15) is 4.79 Å². The number of fused-ring (bicyclic) bond motifs is 3. The Morgan fingerprint density at radius 1 is 1.52 bits per heavy atom. The van der Waals surface area contributed by atoms with E-state index in [4.69, 9.17) is 11.2 Å². The standard InChI is InChI=1S/C17H18N2O2/c1-4-10-19-11-9-13-12-7-5-6-8-14(12)18-15(13)17(19,2)16(20)21-3/h1,5-8,18H,9-11H2,2-3H3/t17-/m1/s1. The van der Waals surface area contributed by atoms with Gasteiger partial charge in [0, 0.05) is 17.4 Å². The first-order valence-corrected chi connectivity index (χ1v) is 7.00. The largest absolute Gasteiger partial charge is 0.467 e. The summed E-state index contributed by atoms with van der Waals surface area (Å²) in [6, 6.07) is 8.11. The Hall–Kier alpha value is -2.25. The van der Waals surface area contributed by atoms with Crippen molar-refractivity contribution in [2.24, 2.45) is 0 Å². The van der Waals surface area contributed by atoms with Gasteiger partial charge in [-0.3, -0.25) is 4.90 Å². The van der Waals surface area contributed by atoms with Crippen molar-refractivity contribution in [1.29, 1.82) is 0 Å². The zero-order chi connectivity index (χ0) is 15.0. The summed E-state index contributed by atoms with van der Waals surface area (Å²) in [5.74, 6) is 2.35. The third-order valence-electron chi connectivity index (χ3n) is 4.43. The van der Waals surface area contributed by atoms with Gasteiger partial charge in [0.1, 0.15) is 0 Å². The van der Waals surface area contributed by atoms with Crippen molar-refractivity contribution in [2.75, 3.05) is 20.2 Å². The molecular formula is C17H18N2O2. The molecule has 0 spiro atoms. The lowest BCUT2D eigenvalue weighted by atomic mass is 9.86. The maximum atomic E-state index is 12.5. The molecule has 1 N–H and O–H groups in total. The SMILES string of the molecule is C#CCN1CCc2c([nH]c3ccccc23)[C@]1(C)C(=O)OC. The van der Waals surface area contributed by atoms with Gasteiger partial charge in [0.05, 0.1) is 19.3 Å². The number of ether oxygens (including phenoxy) is 1. The van der Waals surface area contributed by atoms with Gasteiger partial charge in [0.15, 0.2) is 5.54 Å². The average Bonchev–Trinajstić information content (AvgIpc) is 2.89. The molecule has 0 saturated carbocycles. The first-order valence-electron chi connectivity index (χ1n) is 7.00. The summed E-state index contributed by atoms with van der Waals surface area (Å²) in [7, 11) is 1.42. The molecule has 1 aromatic carbocycles. The molecule has 108 valence electrons. The fraction of sp³-hybridized carbons (Fsp3) is 0.353. The van der Waals surface area contributed by atoms with Crippen LogP contribution in [0, 0.1) is 12.3 Å². The molecule has 0 saturated heterocycles. The number of nitrogens with one attached hydrogen (secondary N) is 1. The molecule has 1 aromatic heterocycles. The predicted molar refractivity (Wildman–Crippen MR) is 81.8 cm³/mol. The fourth-order valence-electron chi connectivity index (χ4n) is 3.28. The Kier molecular flexibility index (Phi) is 3.23. The maximum Gasteiger partial charge on any atom is 0.332 e. The highest BCUT2D eigenvalue weighted by Gasteiger charge is 2.47. The number of methoxy groups -OCH3 is 1. The fourth-order valence-corrected chi connectivity index (χ4v) is 3.28. The number of aromatic nitrogens is 1. The van der Waals surface area contributed by atoms with E-state index >= 15 is 0 Å². The lowest BCUT2D eigenvalue weighted by molar-refractivity contribution is -0.155. The molecule has 0 unspecified atom stereocenters. The topological polar surface area (TPSA) is 45.3 Å². The first kappa shape index (κ1) is 13.7. The second kappa shape index (κ2) is 4.94. The van der Waals surface area contributed by atoms with Gasteiger partial charge in [0.25, 0.3) is 0 Å². The number of benzene rings is 1. The Labute approximate surface area is 124 Å². The van der Waals surface area contributed by atoms with Gasteiger partial charge >= 0.3 is 5.97 Å². The second-order valence-electron chi connectivity index (χ2n) is 5.46. The molecule has 0 bridgehead atoms. The highest BCUT2D eigenvalue weighted by atomic mass is 16.5. The van der Waals surface area contributed by atoms with Crippen LogP contribution in [-0.2, 0) is 21.5 Å². The number of carbonyl (C=O) groups is 1. The minimum atomic E-state index is -0.867. The van der Waals surface area contributed by atoms with Crippen molar-refractivity contribution in [3.63, 3.8) is 0 Å². The molecule has 1 atom stereocenters. The summed E-state index contributed by atoms with van der Waals surface area (Å²) in [5.41, 5.74) is 2.26. The summed E-state index contributed by atoms with van der Waals surface area (Å²) in [6.07, 6.45) is 6.33. The molecule has 4 heteroatoms. The van der Waals surface area contributed by atoms with Crippen molar-refractivity contribution in [1.82, 2.24) is 9.88 Å². The van der Waals surface area contributed by atoms with Gasteiger partial charge in [-0.25, -0.2) is 4.79 Å². The van der Waals surface area contributed by atoms with E-state index in [1.807, 2.05) is 30.0 Å². The van der Waals surface area contributed by atoms with Crippen LogP contribution in [0.25, 0.3) is 10.9 Å². The van der Waals surface area contributed by atoms with Gasteiger partial charge in [-0.05, 0) is 25.0 Å². The van der Waals surface area contributed by atoms with Crippen molar-refractivity contribution in [3.05, 3.63) is 35.5 Å². The Balaban J connectivity index is 2.24. The molecule has 0 aliphatic carbocycles. The van der Waals surface area contributed by atoms with Crippen LogP contribution in [0.2, 0.25) is 0 Å². The summed E-state index contributed by atoms with van der Waals surface area (Å²) in [6.45, 7) is 3.04. The van der Waals surface area contributed by atoms with Crippen LogP contribution in [0.1, 0.15) is 18.2 Å². The van der Waals surface area contributed by atoms with Crippen LogP contribution < -0.4 is 0 Å². The molecule has 2 heterocycles. The zero-order valence-electron chi connectivity index (χ0n) is 12.3. The molecule has 0 fully saturated rings. The first-order chi connectivity index (χ1) is 10.1. The number of H-pyrrole nitrogens is 1. The van der Waals surface area contributed by atoms with Crippen LogP contribution in [-0.4, -0.2) is 36.1 Å². The smallest absolute Gasteiger partial charge is 0.332 e. The minimum absolute atomic E-state index is 0.287. The molecule has 0 amide bonds. The number of aromatic amines is 1. The van der Waals surface area contributed by atoms with Gasteiger partial charge in [-0.2, -0.15) is 0 Å². The number of carbonyl (C=O) groups excluding carboxylic acids is 1. The monoisotopic (exact) mass is 282 g/mol. The van der Waals surface area contributed by atoms with Crippen molar-refractivity contribution >= 4 is 16.9 Å². The van der Waals surface area contributed by atoms with Crippen LogP contribution in [0.3, 0.4) is 0 Å². The van der Waals surface area contributed by atoms with E-state index in [0.717, 1.165) is 24.2 Å². The molecule has 3 rings (SSSR count). The van der Waals surface area contributed by atoms with Crippen molar-refractivity contribution in [2.45, 2.75) is 18.9 Å². The minimum Gasteiger partial charge on any atom is -0.467 e. The molecule has 21 heavy (non-hydrogen) atoms. The van der Waals surface area contributed by atoms with E-state index in [0.29, 0.717) is 6.54 Å². The summed E-state index contributed by atoms with van der Waals surface area (Å²) >= 11 is 0. The van der Waals surface area contributed by atoms with Crippen LogP contribution >= 0.6 is 0 Å². The highest BCUT2D eigenvalue weighted by molar-refractivity contribution is 5.90. The normalized spacial score (nSPS) is 21.8. The van der Waals surface area contributed by atoms with Gasteiger partial charge in [-0.15, -0.1) is 6.42 Å². The molecule has 0 radical (unpaired) electrons. The molecule has 1 aliphatic heterocycles. The van der Waals surface area contributed by atoms with E-state index < -0.39 is 5.54 Å². The lowest BCUT2D eigenvalue weighted by Crippen LogP contribution is -2.54. The molecular weight excluding hydrogens is 264 g/mol.